The standard InChI is InChI=1S/C15H22N4O2/c1-5-8-19-15(14(16)10(2)18-19)17-12-7-6-11(20-3)9-13(12)21-4/h6-7,9,17H,5,8,16H2,1-4H3. The van der Waals surface area contributed by atoms with Crippen LogP contribution in [0.25, 0.3) is 0 Å². The van der Waals surface area contributed by atoms with Gasteiger partial charge in [0.15, 0.2) is 5.82 Å². The van der Waals surface area contributed by atoms with Gasteiger partial charge in [-0.3, -0.25) is 0 Å². The summed E-state index contributed by atoms with van der Waals surface area (Å²) in [7, 11) is 3.25. The summed E-state index contributed by atoms with van der Waals surface area (Å²) in [5.74, 6) is 2.22. The molecule has 0 fully saturated rings. The molecule has 0 saturated carbocycles. The van der Waals surface area contributed by atoms with Gasteiger partial charge in [-0.25, -0.2) is 4.68 Å². The van der Waals surface area contributed by atoms with Gasteiger partial charge in [0.25, 0.3) is 0 Å². The summed E-state index contributed by atoms with van der Waals surface area (Å²) in [5, 5.41) is 7.76. The van der Waals surface area contributed by atoms with E-state index < -0.39 is 0 Å². The van der Waals surface area contributed by atoms with Gasteiger partial charge in [0.1, 0.15) is 11.5 Å². The summed E-state index contributed by atoms with van der Waals surface area (Å²) in [6.45, 7) is 4.81. The second-order valence-corrected chi connectivity index (χ2v) is 4.76. The Morgan fingerprint density at radius 2 is 2.05 bits per heavy atom. The van der Waals surface area contributed by atoms with Crippen molar-refractivity contribution >= 4 is 17.2 Å². The Labute approximate surface area is 124 Å². The number of aryl methyl sites for hydroxylation is 2. The first-order valence-corrected chi connectivity index (χ1v) is 6.92. The number of benzene rings is 1. The summed E-state index contributed by atoms with van der Waals surface area (Å²) < 4.78 is 12.5. The van der Waals surface area contributed by atoms with Gasteiger partial charge in [-0.15, -0.1) is 0 Å². The Bertz CT molecular complexity index is 622. The average Bonchev–Trinajstić information content (AvgIpc) is 2.75. The predicted molar refractivity (Wildman–Crippen MR) is 84.5 cm³/mol. The highest BCUT2D eigenvalue weighted by Gasteiger charge is 2.14. The van der Waals surface area contributed by atoms with Crippen LogP contribution in [0, 0.1) is 6.92 Å². The van der Waals surface area contributed by atoms with Crippen LogP contribution in [0.15, 0.2) is 18.2 Å². The van der Waals surface area contributed by atoms with Crippen LogP contribution in [-0.4, -0.2) is 24.0 Å². The lowest BCUT2D eigenvalue weighted by Crippen LogP contribution is -2.06. The number of ether oxygens (including phenoxy) is 2. The van der Waals surface area contributed by atoms with E-state index in [0.717, 1.165) is 35.9 Å². The van der Waals surface area contributed by atoms with Crippen LogP contribution in [0.4, 0.5) is 17.2 Å². The summed E-state index contributed by atoms with van der Waals surface area (Å²) >= 11 is 0. The second kappa shape index (κ2) is 6.39. The first kappa shape index (κ1) is 15.0. The quantitative estimate of drug-likeness (QED) is 0.855. The monoisotopic (exact) mass is 290 g/mol. The van der Waals surface area contributed by atoms with Crippen LogP contribution < -0.4 is 20.5 Å². The maximum absolute atomic E-state index is 6.12. The van der Waals surface area contributed by atoms with Crippen molar-refractivity contribution in [2.45, 2.75) is 26.8 Å². The lowest BCUT2D eigenvalue weighted by molar-refractivity contribution is 0.395. The van der Waals surface area contributed by atoms with Crippen molar-refractivity contribution in [3.63, 3.8) is 0 Å². The molecule has 0 amide bonds. The van der Waals surface area contributed by atoms with Crippen molar-refractivity contribution in [1.82, 2.24) is 9.78 Å². The molecular formula is C15H22N4O2. The fraction of sp³-hybridized carbons (Fsp3) is 0.400. The van der Waals surface area contributed by atoms with Crippen LogP contribution in [-0.2, 0) is 6.54 Å². The minimum Gasteiger partial charge on any atom is -0.497 e. The zero-order valence-electron chi connectivity index (χ0n) is 12.9. The molecule has 0 unspecified atom stereocenters. The molecule has 0 radical (unpaired) electrons. The fourth-order valence-electron chi connectivity index (χ4n) is 2.13. The van der Waals surface area contributed by atoms with E-state index in [1.165, 1.54) is 0 Å². The number of hydrogen-bond donors (Lipinski definition) is 2. The first-order chi connectivity index (χ1) is 10.1. The molecule has 0 bridgehead atoms. The highest BCUT2D eigenvalue weighted by molar-refractivity contribution is 5.74. The molecule has 3 N–H and O–H groups in total. The van der Waals surface area contributed by atoms with Crippen molar-refractivity contribution in [3.05, 3.63) is 23.9 Å². The van der Waals surface area contributed by atoms with Gasteiger partial charge in [0.05, 0.1) is 31.3 Å². The molecule has 0 saturated heterocycles. The molecule has 1 aromatic carbocycles. The molecule has 0 aliphatic carbocycles. The van der Waals surface area contributed by atoms with Gasteiger partial charge < -0.3 is 20.5 Å². The van der Waals surface area contributed by atoms with Crippen molar-refractivity contribution in [2.75, 3.05) is 25.3 Å². The molecule has 0 aliphatic heterocycles. The van der Waals surface area contributed by atoms with E-state index in [4.69, 9.17) is 15.2 Å². The van der Waals surface area contributed by atoms with Gasteiger partial charge in [0.2, 0.25) is 0 Å². The van der Waals surface area contributed by atoms with E-state index in [-0.39, 0.29) is 0 Å². The second-order valence-electron chi connectivity index (χ2n) is 4.76. The van der Waals surface area contributed by atoms with Crippen LogP contribution >= 0.6 is 0 Å². The molecule has 0 aliphatic rings. The smallest absolute Gasteiger partial charge is 0.152 e. The van der Waals surface area contributed by atoms with E-state index >= 15 is 0 Å². The molecular weight excluding hydrogens is 268 g/mol. The van der Waals surface area contributed by atoms with Gasteiger partial charge in [-0.1, -0.05) is 6.92 Å². The number of nitrogens with two attached hydrogens (primary N) is 1. The van der Waals surface area contributed by atoms with Gasteiger partial charge in [-0.2, -0.15) is 5.10 Å². The summed E-state index contributed by atoms with van der Waals surface area (Å²) in [4.78, 5) is 0. The Morgan fingerprint density at radius 1 is 1.29 bits per heavy atom. The number of hydrogen-bond acceptors (Lipinski definition) is 5. The van der Waals surface area contributed by atoms with E-state index in [1.807, 2.05) is 29.8 Å². The van der Waals surface area contributed by atoms with Gasteiger partial charge in [0, 0.05) is 12.6 Å². The number of nitrogens with zero attached hydrogens (tertiary/aromatic N) is 2. The predicted octanol–water partition coefficient (Wildman–Crippen LogP) is 2.94. The van der Waals surface area contributed by atoms with E-state index in [1.54, 1.807) is 14.2 Å². The number of anilines is 3. The number of aromatic nitrogens is 2. The maximum atomic E-state index is 6.12. The number of nitrogen functional groups attached to an aromatic ring is 1. The Balaban J connectivity index is 2.38. The molecule has 6 nitrogen and oxygen atoms in total. The summed E-state index contributed by atoms with van der Waals surface area (Å²) in [6, 6.07) is 5.59. The van der Waals surface area contributed by atoms with E-state index in [9.17, 15) is 0 Å². The van der Waals surface area contributed by atoms with Crippen molar-refractivity contribution in [1.29, 1.82) is 0 Å². The normalized spacial score (nSPS) is 10.5. The first-order valence-electron chi connectivity index (χ1n) is 6.92. The largest absolute Gasteiger partial charge is 0.497 e. The minimum atomic E-state index is 0.654. The fourth-order valence-corrected chi connectivity index (χ4v) is 2.13. The Hall–Kier alpha value is -2.37. The zero-order valence-corrected chi connectivity index (χ0v) is 12.9. The van der Waals surface area contributed by atoms with Crippen LogP contribution in [0.3, 0.4) is 0 Å². The lowest BCUT2D eigenvalue weighted by atomic mass is 10.2. The van der Waals surface area contributed by atoms with Gasteiger partial charge in [-0.05, 0) is 25.5 Å². The van der Waals surface area contributed by atoms with Crippen molar-refractivity contribution < 1.29 is 9.47 Å². The van der Waals surface area contributed by atoms with Crippen LogP contribution in [0.5, 0.6) is 11.5 Å². The molecule has 0 spiro atoms. The third kappa shape index (κ3) is 3.04. The maximum Gasteiger partial charge on any atom is 0.152 e. The minimum absolute atomic E-state index is 0.654. The lowest BCUT2D eigenvalue weighted by Gasteiger charge is -2.14. The van der Waals surface area contributed by atoms with Crippen LogP contribution in [0.1, 0.15) is 19.0 Å². The highest BCUT2D eigenvalue weighted by atomic mass is 16.5. The molecule has 2 aromatic rings. The Kier molecular flexibility index (Phi) is 4.57. The van der Waals surface area contributed by atoms with E-state index in [0.29, 0.717) is 11.4 Å². The SMILES string of the molecule is CCCn1nc(C)c(N)c1Nc1ccc(OC)cc1OC. The van der Waals surface area contributed by atoms with E-state index in [2.05, 4.69) is 17.3 Å². The number of rotatable bonds is 6. The van der Waals surface area contributed by atoms with Crippen molar-refractivity contribution in [3.8, 4) is 11.5 Å². The zero-order chi connectivity index (χ0) is 15.4. The molecule has 1 aromatic heterocycles. The molecule has 114 valence electrons. The number of nitrogens with one attached hydrogen (secondary N) is 1. The van der Waals surface area contributed by atoms with Gasteiger partial charge >= 0.3 is 0 Å². The average molecular weight is 290 g/mol. The summed E-state index contributed by atoms with van der Waals surface area (Å²) in [5.41, 5.74) is 8.41. The third-order valence-electron chi connectivity index (χ3n) is 3.27. The highest BCUT2D eigenvalue weighted by Crippen LogP contribution is 2.34. The molecule has 6 heteroatoms. The van der Waals surface area contributed by atoms with Crippen LogP contribution in [0.2, 0.25) is 0 Å². The topological polar surface area (TPSA) is 74.3 Å². The van der Waals surface area contributed by atoms with Crippen molar-refractivity contribution in [2.24, 2.45) is 0 Å². The number of methoxy groups -OCH3 is 2. The molecule has 0 atom stereocenters. The molecule has 2 rings (SSSR count). The summed E-state index contributed by atoms with van der Waals surface area (Å²) in [6.07, 6.45) is 0.981. The molecule has 1 heterocycles. The molecule has 21 heavy (non-hydrogen) atoms. The third-order valence-corrected chi connectivity index (χ3v) is 3.27. The Morgan fingerprint density at radius 3 is 2.67 bits per heavy atom.